The van der Waals surface area contributed by atoms with Crippen molar-refractivity contribution >= 4 is 17.8 Å². The Bertz CT molecular complexity index is 887. The molecule has 2 heterocycles. The molecule has 2 atom stereocenters. The van der Waals surface area contributed by atoms with Crippen molar-refractivity contribution in [2.24, 2.45) is 0 Å². The number of amides is 4. The van der Waals surface area contributed by atoms with Gasteiger partial charge in [0.15, 0.2) is 0 Å². The molecule has 4 amide bonds. The minimum absolute atomic E-state index is 0.0443. The molecule has 0 bridgehead atoms. The van der Waals surface area contributed by atoms with Crippen LogP contribution in [0.15, 0.2) is 60.7 Å². The third kappa shape index (κ3) is 4.30. The van der Waals surface area contributed by atoms with Crippen molar-refractivity contribution in [1.29, 1.82) is 0 Å². The van der Waals surface area contributed by atoms with Gasteiger partial charge in [-0.3, -0.25) is 14.5 Å². The average molecular weight is 393 g/mol. The summed E-state index contributed by atoms with van der Waals surface area (Å²) in [5.41, 5.74) is 1.88. The minimum Gasteiger partial charge on any atom is -0.370 e. The zero-order chi connectivity index (χ0) is 20.2. The fraction of sp³-hybridized carbons (Fsp3) is 0.318. The second-order valence-electron chi connectivity index (χ2n) is 7.23. The summed E-state index contributed by atoms with van der Waals surface area (Å²) in [6, 6.07) is 17.8. The number of morpholine rings is 1. The Morgan fingerprint density at radius 1 is 1.03 bits per heavy atom. The summed E-state index contributed by atoms with van der Waals surface area (Å²) < 4.78 is 5.80. The lowest BCUT2D eigenvalue weighted by atomic mass is 10.1. The topological polar surface area (TPSA) is 79.0 Å². The van der Waals surface area contributed by atoms with Gasteiger partial charge in [0.05, 0.1) is 26.1 Å². The summed E-state index contributed by atoms with van der Waals surface area (Å²) in [7, 11) is 0. The largest absolute Gasteiger partial charge is 0.370 e. The summed E-state index contributed by atoms with van der Waals surface area (Å²) in [6.07, 6.45) is -0.227. The number of rotatable bonds is 5. The summed E-state index contributed by atoms with van der Waals surface area (Å²) in [5, 5.41) is 2.65. The smallest absolute Gasteiger partial charge is 0.325 e. The molecular weight excluding hydrogens is 370 g/mol. The molecule has 2 aliphatic heterocycles. The van der Waals surface area contributed by atoms with Gasteiger partial charge in [0.2, 0.25) is 5.91 Å². The molecule has 0 saturated carbocycles. The van der Waals surface area contributed by atoms with Crippen LogP contribution in [0.2, 0.25) is 0 Å². The highest BCUT2D eigenvalue weighted by atomic mass is 16.5. The molecule has 4 rings (SSSR count). The number of imide groups is 1. The summed E-state index contributed by atoms with van der Waals surface area (Å²) >= 11 is 0. The van der Waals surface area contributed by atoms with Crippen LogP contribution in [0.5, 0.6) is 0 Å². The number of nitrogens with zero attached hydrogens (tertiary/aromatic N) is 2. The lowest BCUT2D eigenvalue weighted by Gasteiger charge is -2.33. The van der Waals surface area contributed by atoms with Gasteiger partial charge in [-0.25, -0.2) is 4.79 Å². The zero-order valence-electron chi connectivity index (χ0n) is 16.0. The first-order valence-electron chi connectivity index (χ1n) is 9.72. The van der Waals surface area contributed by atoms with Crippen LogP contribution >= 0.6 is 0 Å². The molecule has 1 N–H and O–H groups in total. The van der Waals surface area contributed by atoms with E-state index in [0.29, 0.717) is 19.7 Å². The van der Waals surface area contributed by atoms with Crippen LogP contribution in [0.3, 0.4) is 0 Å². The standard InChI is InChI=1S/C22H23N3O4/c26-20(24-11-12-29-19(15-24)17-9-5-2-6-10-17)13-18-21(27)25(22(28)23-18)14-16-7-3-1-4-8-16/h1-10,18-19H,11-15H2,(H,23,28). The Balaban J connectivity index is 1.37. The fourth-order valence-electron chi connectivity index (χ4n) is 3.68. The normalized spacial score (nSPS) is 21.9. The molecule has 2 aromatic carbocycles. The predicted octanol–water partition coefficient (Wildman–Crippen LogP) is 2.10. The molecule has 2 saturated heterocycles. The molecular formula is C22H23N3O4. The van der Waals surface area contributed by atoms with E-state index in [2.05, 4.69) is 5.32 Å². The Morgan fingerprint density at radius 2 is 1.72 bits per heavy atom. The lowest BCUT2D eigenvalue weighted by molar-refractivity contribution is -0.141. The molecule has 0 aromatic heterocycles. The van der Waals surface area contributed by atoms with Gasteiger partial charge in [-0.05, 0) is 11.1 Å². The van der Waals surface area contributed by atoms with Gasteiger partial charge in [-0.15, -0.1) is 0 Å². The maximum atomic E-state index is 12.8. The number of carbonyl (C=O) groups excluding carboxylic acids is 3. The monoisotopic (exact) mass is 393 g/mol. The van der Waals surface area contributed by atoms with Gasteiger partial charge >= 0.3 is 6.03 Å². The maximum absolute atomic E-state index is 12.8. The maximum Gasteiger partial charge on any atom is 0.325 e. The van der Waals surface area contributed by atoms with Gasteiger partial charge in [-0.1, -0.05) is 60.7 Å². The molecule has 2 fully saturated rings. The number of ether oxygens (including phenoxy) is 1. The summed E-state index contributed by atoms with van der Waals surface area (Å²) in [5.74, 6) is -0.519. The molecule has 7 nitrogen and oxygen atoms in total. The Kier molecular flexibility index (Phi) is 5.57. The summed E-state index contributed by atoms with van der Waals surface area (Å²) in [4.78, 5) is 40.6. The van der Waals surface area contributed by atoms with Crippen molar-refractivity contribution in [3.8, 4) is 0 Å². The van der Waals surface area contributed by atoms with Crippen molar-refractivity contribution in [3.05, 3.63) is 71.8 Å². The van der Waals surface area contributed by atoms with E-state index in [-0.39, 0.29) is 30.9 Å². The van der Waals surface area contributed by atoms with Crippen LogP contribution in [-0.2, 0) is 20.9 Å². The highest BCUT2D eigenvalue weighted by Crippen LogP contribution is 2.23. The van der Waals surface area contributed by atoms with E-state index in [9.17, 15) is 14.4 Å². The van der Waals surface area contributed by atoms with Crippen molar-refractivity contribution < 1.29 is 19.1 Å². The fourth-order valence-corrected chi connectivity index (χ4v) is 3.68. The van der Waals surface area contributed by atoms with Crippen molar-refractivity contribution in [2.75, 3.05) is 19.7 Å². The minimum atomic E-state index is -0.822. The molecule has 7 heteroatoms. The van der Waals surface area contributed by atoms with E-state index in [4.69, 9.17) is 4.74 Å². The third-order valence-corrected chi connectivity index (χ3v) is 5.26. The number of hydrogen-bond donors (Lipinski definition) is 1. The molecule has 150 valence electrons. The Hall–Kier alpha value is -3.19. The van der Waals surface area contributed by atoms with Crippen LogP contribution in [0.1, 0.15) is 23.7 Å². The van der Waals surface area contributed by atoms with Gasteiger partial charge < -0.3 is 15.0 Å². The highest BCUT2D eigenvalue weighted by molar-refractivity contribution is 6.05. The summed E-state index contributed by atoms with van der Waals surface area (Å²) in [6.45, 7) is 1.55. The highest BCUT2D eigenvalue weighted by Gasteiger charge is 2.40. The van der Waals surface area contributed by atoms with Crippen LogP contribution in [0, 0.1) is 0 Å². The lowest BCUT2D eigenvalue weighted by Crippen LogP contribution is -2.45. The van der Waals surface area contributed by atoms with E-state index in [1.165, 1.54) is 4.90 Å². The molecule has 2 unspecified atom stereocenters. The molecule has 0 aliphatic carbocycles. The second kappa shape index (κ2) is 8.45. The van der Waals surface area contributed by atoms with Gasteiger partial charge in [-0.2, -0.15) is 0 Å². The Labute approximate surface area is 169 Å². The van der Waals surface area contributed by atoms with E-state index < -0.39 is 12.1 Å². The van der Waals surface area contributed by atoms with E-state index in [1.54, 1.807) is 4.90 Å². The number of nitrogens with one attached hydrogen (secondary N) is 1. The first-order chi connectivity index (χ1) is 14.1. The average Bonchev–Trinajstić information content (AvgIpc) is 3.02. The van der Waals surface area contributed by atoms with E-state index in [0.717, 1.165) is 11.1 Å². The van der Waals surface area contributed by atoms with E-state index in [1.807, 2.05) is 60.7 Å². The molecule has 29 heavy (non-hydrogen) atoms. The van der Waals surface area contributed by atoms with Gasteiger partial charge in [0.1, 0.15) is 12.1 Å². The third-order valence-electron chi connectivity index (χ3n) is 5.26. The van der Waals surface area contributed by atoms with Crippen LogP contribution < -0.4 is 5.32 Å². The van der Waals surface area contributed by atoms with Crippen molar-refractivity contribution in [3.63, 3.8) is 0 Å². The predicted molar refractivity (Wildman–Crippen MR) is 106 cm³/mol. The SMILES string of the molecule is O=C(CC1NC(=O)N(Cc2ccccc2)C1=O)N1CCOC(c2ccccc2)C1. The second-order valence-corrected chi connectivity index (χ2v) is 7.23. The van der Waals surface area contributed by atoms with Crippen molar-refractivity contribution in [1.82, 2.24) is 15.1 Å². The van der Waals surface area contributed by atoms with Crippen LogP contribution in [0.4, 0.5) is 4.79 Å². The van der Waals surface area contributed by atoms with E-state index >= 15 is 0 Å². The molecule has 0 spiro atoms. The first-order valence-corrected chi connectivity index (χ1v) is 9.72. The number of hydrogen-bond acceptors (Lipinski definition) is 4. The van der Waals surface area contributed by atoms with Gasteiger partial charge in [0.25, 0.3) is 5.91 Å². The van der Waals surface area contributed by atoms with Crippen LogP contribution in [-0.4, -0.2) is 53.4 Å². The molecule has 2 aliphatic rings. The number of urea groups is 1. The van der Waals surface area contributed by atoms with Gasteiger partial charge in [0, 0.05) is 6.54 Å². The van der Waals surface area contributed by atoms with Crippen LogP contribution in [0.25, 0.3) is 0 Å². The number of benzene rings is 2. The molecule has 2 aromatic rings. The number of carbonyl (C=O) groups is 3. The zero-order valence-corrected chi connectivity index (χ0v) is 16.0. The Morgan fingerprint density at radius 3 is 2.45 bits per heavy atom. The van der Waals surface area contributed by atoms with Crippen molar-refractivity contribution in [2.45, 2.75) is 25.1 Å². The quantitative estimate of drug-likeness (QED) is 0.789. The first kappa shape index (κ1) is 19.1. The molecule has 0 radical (unpaired) electrons.